The lowest BCUT2D eigenvalue weighted by atomic mass is 9.89. The van der Waals surface area contributed by atoms with Crippen molar-refractivity contribution in [1.29, 1.82) is 0 Å². The van der Waals surface area contributed by atoms with Gasteiger partial charge in [0.25, 0.3) is 0 Å². The van der Waals surface area contributed by atoms with E-state index in [4.69, 9.17) is 0 Å². The van der Waals surface area contributed by atoms with Crippen molar-refractivity contribution in [3.05, 3.63) is 0 Å². The Hall–Kier alpha value is -0.520. The highest BCUT2D eigenvalue weighted by molar-refractivity contribution is 4.96. The fraction of sp³-hybridized carbons (Fsp3) is 0.833. The number of likely N-dealkylation sites (tertiary alicyclic amines) is 1. The summed E-state index contributed by atoms with van der Waals surface area (Å²) in [5.41, 5.74) is 0. The van der Waals surface area contributed by atoms with Gasteiger partial charge in [0.2, 0.25) is 0 Å². The summed E-state index contributed by atoms with van der Waals surface area (Å²) in [4.78, 5) is 2.58. The first kappa shape index (κ1) is 10.0. The van der Waals surface area contributed by atoms with Crippen LogP contribution in [-0.2, 0) is 0 Å². The molecule has 2 aliphatic heterocycles. The Bertz CT molecular complexity index is 238. The standard InChI is InChI=1S/C12H20N2/c1-2-3-4-6-14-7-5-11-8-13-9-12(11)10-14/h11-13H,4-10H2,1H3. The van der Waals surface area contributed by atoms with E-state index in [2.05, 4.69) is 22.1 Å². The molecule has 2 heterocycles. The Morgan fingerprint density at radius 3 is 3.07 bits per heavy atom. The van der Waals surface area contributed by atoms with Gasteiger partial charge in [-0.1, -0.05) is 0 Å². The van der Waals surface area contributed by atoms with Gasteiger partial charge < -0.3 is 10.2 Å². The molecular weight excluding hydrogens is 172 g/mol. The summed E-state index contributed by atoms with van der Waals surface area (Å²) >= 11 is 0. The number of nitrogens with zero attached hydrogens (tertiary/aromatic N) is 1. The first-order valence-electron chi connectivity index (χ1n) is 5.73. The highest BCUT2D eigenvalue weighted by atomic mass is 15.1. The number of hydrogen-bond donors (Lipinski definition) is 1. The highest BCUT2D eigenvalue weighted by Gasteiger charge is 2.32. The first-order chi connectivity index (χ1) is 6.90. The Morgan fingerprint density at radius 1 is 1.36 bits per heavy atom. The number of piperidine rings is 1. The van der Waals surface area contributed by atoms with Crippen LogP contribution in [0.5, 0.6) is 0 Å². The van der Waals surface area contributed by atoms with Gasteiger partial charge in [-0.2, -0.15) is 0 Å². The summed E-state index contributed by atoms with van der Waals surface area (Å²) in [6.07, 6.45) is 2.43. The van der Waals surface area contributed by atoms with Crippen LogP contribution in [0.15, 0.2) is 0 Å². The monoisotopic (exact) mass is 192 g/mol. The van der Waals surface area contributed by atoms with Crippen molar-refractivity contribution in [2.24, 2.45) is 11.8 Å². The normalized spacial score (nSPS) is 32.1. The van der Waals surface area contributed by atoms with Crippen LogP contribution in [0.2, 0.25) is 0 Å². The predicted molar refractivity (Wildman–Crippen MR) is 59.0 cm³/mol. The van der Waals surface area contributed by atoms with Gasteiger partial charge in [0.1, 0.15) is 0 Å². The summed E-state index contributed by atoms with van der Waals surface area (Å²) in [5, 5.41) is 3.50. The van der Waals surface area contributed by atoms with Crippen molar-refractivity contribution >= 4 is 0 Å². The maximum atomic E-state index is 3.50. The molecule has 0 aliphatic carbocycles. The fourth-order valence-corrected chi connectivity index (χ4v) is 2.65. The second-order valence-corrected chi connectivity index (χ2v) is 4.44. The molecule has 14 heavy (non-hydrogen) atoms. The Labute approximate surface area is 87.1 Å². The van der Waals surface area contributed by atoms with Crippen LogP contribution < -0.4 is 5.32 Å². The van der Waals surface area contributed by atoms with Crippen LogP contribution in [0.1, 0.15) is 19.8 Å². The van der Waals surface area contributed by atoms with Crippen molar-refractivity contribution in [1.82, 2.24) is 10.2 Å². The number of hydrogen-bond acceptors (Lipinski definition) is 2. The van der Waals surface area contributed by atoms with Crippen LogP contribution in [0.4, 0.5) is 0 Å². The third-order valence-corrected chi connectivity index (χ3v) is 3.52. The predicted octanol–water partition coefficient (Wildman–Crippen LogP) is 0.941. The largest absolute Gasteiger partial charge is 0.316 e. The maximum Gasteiger partial charge on any atom is 0.0216 e. The van der Waals surface area contributed by atoms with Crippen LogP contribution in [0.25, 0.3) is 0 Å². The van der Waals surface area contributed by atoms with Crippen molar-refractivity contribution in [3.63, 3.8) is 0 Å². The van der Waals surface area contributed by atoms with Crippen LogP contribution in [-0.4, -0.2) is 37.6 Å². The smallest absolute Gasteiger partial charge is 0.0216 e. The molecule has 0 spiro atoms. The average molecular weight is 192 g/mol. The molecule has 2 atom stereocenters. The van der Waals surface area contributed by atoms with Gasteiger partial charge in [-0.3, -0.25) is 0 Å². The van der Waals surface area contributed by atoms with Gasteiger partial charge in [0.05, 0.1) is 0 Å². The molecule has 1 N–H and O–H groups in total. The zero-order valence-corrected chi connectivity index (χ0v) is 9.05. The van der Waals surface area contributed by atoms with E-state index in [0.29, 0.717) is 0 Å². The quantitative estimate of drug-likeness (QED) is 0.655. The molecule has 2 fully saturated rings. The molecule has 0 aromatic rings. The molecule has 2 unspecified atom stereocenters. The Kier molecular flexibility index (Phi) is 3.44. The minimum atomic E-state index is 0.915. The summed E-state index contributed by atoms with van der Waals surface area (Å²) in [6.45, 7) is 8.17. The molecule has 2 nitrogen and oxygen atoms in total. The van der Waals surface area contributed by atoms with Gasteiger partial charge in [-0.25, -0.2) is 0 Å². The first-order valence-corrected chi connectivity index (χ1v) is 5.73. The molecule has 2 aliphatic rings. The van der Waals surface area contributed by atoms with E-state index in [1.54, 1.807) is 0 Å². The van der Waals surface area contributed by atoms with E-state index in [1.807, 2.05) is 6.92 Å². The molecule has 78 valence electrons. The summed E-state index contributed by atoms with van der Waals surface area (Å²) < 4.78 is 0. The highest BCUT2D eigenvalue weighted by Crippen LogP contribution is 2.26. The van der Waals surface area contributed by atoms with Gasteiger partial charge in [0, 0.05) is 19.5 Å². The van der Waals surface area contributed by atoms with Crippen LogP contribution in [0, 0.1) is 23.7 Å². The summed E-state index contributed by atoms with van der Waals surface area (Å²) in [6, 6.07) is 0. The lowest BCUT2D eigenvalue weighted by Crippen LogP contribution is -2.40. The minimum absolute atomic E-state index is 0.915. The Balaban J connectivity index is 1.76. The molecule has 0 aromatic heterocycles. The zero-order chi connectivity index (χ0) is 9.80. The van der Waals surface area contributed by atoms with E-state index < -0.39 is 0 Å². The zero-order valence-electron chi connectivity index (χ0n) is 9.05. The molecule has 0 radical (unpaired) electrons. The third kappa shape index (κ3) is 2.29. The van der Waals surface area contributed by atoms with E-state index in [1.165, 1.54) is 39.1 Å². The van der Waals surface area contributed by atoms with E-state index in [-0.39, 0.29) is 0 Å². The summed E-state index contributed by atoms with van der Waals surface area (Å²) in [5.74, 6) is 7.99. The maximum absolute atomic E-state index is 3.50. The van der Waals surface area contributed by atoms with E-state index >= 15 is 0 Å². The lowest BCUT2D eigenvalue weighted by molar-refractivity contribution is 0.152. The number of nitrogens with one attached hydrogen (secondary N) is 1. The SMILES string of the molecule is CC#CCCN1CCC2CNCC2C1. The molecule has 0 saturated carbocycles. The average Bonchev–Trinajstić information content (AvgIpc) is 2.65. The van der Waals surface area contributed by atoms with Gasteiger partial charge in [-0.15, -0.1) is 11.8 Å². The van der Waals surface area contributed by atoms with Crippen LogP contribution >= 0.6 is 0 Å². The van der Waals surface area contributed by atoms with Gasteiger partial charge >= 0.3 is 0 Å². The molecule has 2 rings (SSSR count). The molecule has 2 saturated heterocycles. The molecule has 2 heteroatoms. The molecule has 0 aromatic carbocycles. The molecule has 0 amide bonds. The minimum Gasteiger partial charge on any atom is -0.316 e. The van der Waals surface area contributed by atoms with Crippen molar-refractivity contribution in [3.8, 4) is 11.8 Å². The van der Waals surface area contributed by atoms with Crippen molar-refractivity contribution < 1.29 is 0 Å². The topological polar surface area (TPSA) is 15.3 Å². The third-order valence-electron chi connectivity index (χ3n) is 3.52. The number of rotatable bonds is 2. The van der Waals surface area contributed by atoms with Crippen LogP contribution in [0.3, 0.4) is 0 Å². The van der Waals surface area contributed by atoms with Crippen molar-refractivity contribution in [2.75, 3.05) is 32.7 Å². The lowest BCUT2D eigenvalue weighted by Gasteiger charge is -2.33. The van der Waals surface area contributed by atoms with E-state index in [9.17, 15) is 0 Å². The Morgan fingerprint density at radius 2 is 2.21 bits per heavy atom. The van der Waals surface area contributed by atoms with E-state index in [0.717, 1.165) is 18.3 Å². The van der Waals surface area contributed by atoms with Gasteiger partial charge in [0.15, 0.2) is 0 Å². The second-order valence-electron chi connectivity index (χ2n) is 4.44. The fourth-order valence-electron chi connectivity index (χ4n) is 2.65. The summed E-state index contributed by atoms with van der Waals surface area (Å²) in [7, 11) is 0. The van der Waals surface area contributed by atoms with Gasteiger partial charge in [-0.05, 0) is 44.8 Å². The second kappa shape index (κ2) is 4.82. The van der Waals surface area contributed by atoms with Crippen molar-refractivity contribution in [2.45, 2.75) is 19.8 Å². The molecule has 0 bridgehead atoms. The molecular formula is C12H20N2. The number of fused-ring (bicyclic) bond motifs is 1.